The van der Waals surface area contributed by atoms with E-state index in [1.54, 1.807) is 32.0 Å². The molecule has 4 N–H and O–H groups in total. The first-order valence-electron chi connectivity index (χ1n) is 12.4. The highest BCUT2D eigenvalue weighted by molar-refractivity contribution is 7.54. The van der Waals surface area contributed by atoms with Gasteiger partial charge in [-0.2, -0.15) is 4.98 Å². The van der Waals surface area contributed by atoms with Crippen LogP contribution in [0.15, 0.2) is 41.3 Å². The van der Waals surface area contributed by atoms with Gasteiger partial charge in [0.1, 0.15) is 30.2 Å². The van der Waals surface area contributed by atoms with Crippen molar-refractivity contribution in [2.75, 3.05) is 18.6 Å². The van der Waals surface area contributed by atoms with Crippen LogP contribution in [0.1, 0.15) is 40.8 Å². The maximum atomic E-state index is 14.2. The van der Waals surface area contributed by atoms with Gasteiger partial charge in [0, 0.05) is 0 Å². The largest absolute Gasteiger partial charge is 0.463 e. The summed E-state index contributed by atoms with van der Waals surface area (Å²) in [4.78, 5) is 28.2. The average molecular weight is 590 g/mol. The number of rotatable bonds is 11. The highest BCUT2D eigenvalue weighted by Crippen LogP contribution is 2.55. The molecule has 0 spiro atoms. The molecule has 0 saturated carbocycles. The zero-order valence-corrected chi connectivity index (χ0v) is 23.6. The Morgan fingerprint density at radius 2 is 1.93 bits per heavy atom. The molecule has 1 fully saturated rings. The maximum Gasteiger partial charge on any atom is 0.380 e. The number of nitrogens with zero attached hydrogens (tertiary/aromatic N) is 2. The minimum atomic E-state index is -4.29. The number of halogens is 2. The van der Waals surface area contributed by atoms with Gasteiger partial charge < -0.3 is 29.9 Å². The standard InChI is InChI=1S/C25H34F2N3O9P/c1-14(2)36-21(32)15(3)12-40(35,38-16-9-7-6-8-10-16)39-24(4,5)19-18(31)25(34,13-26)22(37-19)30-11-17(27)20(28)29-23(30)33/h6-11,14-15,18-19,22,31,34H,12-13H2,1-5H3,(H2,28,29,33)/t15-,18+,19+,22-,25?,40-/m1/s1. The molecule has 12 nitrogen and oxygen atoms in total. The van der Waals surface area contributed by atoms with Crippen molar-refractivity contribution in [3.05, 3.63) is 52.8 Å². The molecule has 1 aromatic heterocycles. The van der Waals surface area contributed by atoms with Gasteiger partial charge in [-0.15, -0.1) is 0 Å². The molecular formula is C25H34F2N3O9P. The molecule has 1 unspecified atom stereocenters. The lowest BCUT2D eigenvalue weighted by Crippen LogP contribution is -2.54. The van der Waals surface area contributed by atoms with Gasteiger partial charge in [-0.1, -0.05) is 25.1 Å². The molecule has 0 bridgehead atoms. The lowest BCUT2D eigenvalue weighted by molar-refractivity contribution is -0.151. The summed E-state index contributed by atoms with van der Waals surface area (Å²) in [5.41, 5.74) is -0.453. The number of anilines is 1. The van der Waals surface area contributed by atoms with E-state index in [1.807, 2.05) is 0 Å². The second-order valence-electron chi connectivity index (χ2n) is 10.4. The number of ether oxygens (including phenoxy) is 2. The van der Waals surface area contributed by atoms with Crippen LogP contribution in [0.4, 0.5) is 14.6 Å². The number of esters is 1. The Hall–Kier alpha value is -2.90. The molecule has 40 heavy (non-hydrogen) atoms. The van der Waals surface area contributed by atoms with Crippen LogP contribution in [0, 0.1) is 11.7 Å². The van der Waals surface area contributed by atoms with Crippen molar-refractivity contribution in [1.29, 1.82) is 0 Å². The second kappa shape index (κ2) is 11.9. The Bertz CT molecular complexity index is 1310. The van der Waals surface area contributed by atoms with E-state index in [9.17, 15) is 33.1 Å². The van der Waals surface area contributed by atoms with Crippen LogP contribution < -0.4 is 15.9 Å². The Balaban J connectivity index is 1.97. The number of aromatic nitrogens is 2. The number of carbonyl (C=O) groups is 1. The quantitative estimate of drug-likeness (QED) is 0.260. The summed E-state index contributed by atoms with van der Waals surface area (Å²) in [6.07, 6.45) is -6.01. The lowest BCUT2D eigenvalue weighted by Gasteiger charge is -2.36. The summed E-state index contributed by atoms with van der Waals surface area (Å²) in [7, 11) is -4.29. The Kier molecular flexibility index (Phi) is 9.42. The molecule has 15 heteroatoms. The fourth-order valence-corrected chi connectivity index (χ4v) is 6.53. The summed E-state index contributed by atoms with van der Waals surface area (Å²) in [6, 6.07) is 7.95. The van der Waals surface area contributed by atoms with Crippen molar-refractivity contribution in [2.45, 2.75) is 70.4 Å². The van der Waals surface area contributed by atoms with Crippen molar-refractivity contribution >= 4 is 19.4 Å². The van der Waals surface area contributed by atoms with Crippen molar-refractivity contribution in [3.8, 4) is 5.75 Å². The number of aliphatic hydroxyl groups is 2. The number of carbonyl (C=O) groups excluding carboxylic acids is 1. The summed E-state index contributed by atoms with van der Waals surface area (Å²) in [5, 5.41) is 22.0. The van der Waals surface area contributed by atoms with Gasteiger partial charge in [-0.3, -0.25) is 13.9 Å². The minimum Gasteiger partial charge on any atom is -0.463 e. The molecule has 1 saturated heterocycles. The third kappa shape index (κ3) is 6.69. The molecule has 2 aromatic rings. The minimum absolute atomic E-state index is 0.145. The summed E-state index contributed by atoms with van der Waals surface area (Å²) in [5.74, 6) is -3.35. The van der Waals surface area contributed by atoms with Crippen LogP contribution in [-0.4, -0.2) is 68.1 Å². The molecule has 222 valence electrons. The van der Waals surface area contributed by atoms with Crippen LogP contribution >= 0.6 is 7.60 Å². The monoisotopic (exact) mass is 589 g/mol. The van der Waals surface area contributed by atoms with E-state index < -0.39 is 85.4 Å². The van der Waals surface area contributed by atoms with Gasteiger partial charge in [0.25, 0.3) is 0 Å². The Morgan fingerprint density at radius 1 is 1.30 bits per heavy atom. The highest BCUT2D eigenvalue weighted by atomic mass is 31.2. The average Bonchev–Trinajstić information content (AvgIpc) is 3.12. The number of nitrogen functional groups attached to an aromatic ring is 1. The van der Waals surface area contributed by atoms with E-state index in [0.717, 1.165) is 0 Å². The first-order chi connectivity index (χ1) is 18.5. The molecule has 6 atom stereocenters. The normalized spacial score (nSPS) is 25.4. The van der Waals surface area contributed by atoms with Crippen molar-refractivity contribution < 1.29 is 46.9 Å². The predicted molar refractivity (Wildman–Crippen MR) is 139 cm³/mol. The molecule has 0 radical (unpaired) electrons. The number of aliphatic hydroxyl groups excluding tert-OH is 1. The number of hydrogen-bond donors (Lipinski definition) is 3. The fourth-order valence-electron chi connectivity index (χ4n) is 4.26. The van der Waals surface area contributed by atoms with E-state index in [1.165, 1.54) is 32.9 Å². The molecule has 3 rings (SSSR count). The van der Waals surface area contributed by atoms with E-state index in [0.29, 0.717) is 10.8 Å². The lowest BCUT2D eigenvalue weighted by atomic mass is 9.88. The second-order valence-corrected chi connectivity index (χ2v) is 12.4. The van der Waals surface area contributed by atoms with Gasteiger partial charge in [0.2, 0.25) is 0 Å². The van der Waals surface area contributed by atoms with E-state index in [2.05, 4.69) is 4.98 Å². The van der Waals surface area contributed by atoms with E-state index in [-0.39, 0.29) is 5.75 Å². The zero-order chi connectivity index (χ0) is 30.0. The van der Waals surface area contributed by atoms with Gasteiger partial charge in [0.05, 0.1) is 24.4 Å². The first kappa shape index (κ1) is 31.6. The summed E-state index contributed by atoms with van der Waals surface area (Å²) >= 11 is 0. The Morgan fingerprint density at radius 3 is 2.50 bits per heavy atom. The summed E-state index contributed by atoms with van der Waals surface area (Å²) < 4.78 is 65.5. The molecular weight excluding hydrogens is 555 g/mol. The third-order valence-electron chi connectivity index (χ3n) is 6.20. The molecule has 0 aliphatic carbocycles. The molecule has 2 heterocycles. The van der Waals surface area contributed by atoms with Crippen LogP contribution in [0.2, 0.25) is 0 Å². The first-order valence-corrected chi connectivity index (χ1v) is 14.2. The van der Waals surface area contributed by atoms with E-state index in [4.69, 9.17) is 24.3 Å². The number of alkyl halides is 1. The van der Waals surface area contributed by atoms with Crippen molar-refractivity contribution in [2.24, 2.45) is 5.92 Å². The predicted octanol–water partition coefficient (Wildman–Crippen LogP) is 2.58. The van der Waals surface area contributed by atoms with Crippen LogP contribution in [0.3, 0.4) is 0 Å². The van der Waals surface area contributed by atoms with Crippen molar-refractivity contribution in [1.82, 2.24) is 9.55 Å². The third-order valence-corrected chi connectivity index (χ3v) is 8.43. The number of nitrogens with two attached hydrogens (primary N) is 1. The molecule has 0 amide bonds. The van der Waals surface area contributed by atoms with Gasteiger partial charge in [-0.05, 0) is 39.8 Å². The van der Waals surface area contributed by atoms with E-state index >= 15 is 0 Å². The van der Waals surface area contributed by atoms with Crippen LogP contribution in [0.25, 0.3) is 0 Å². The van der Waals surface area contributed by atoms with Crippen LogP contribution in [-0.2, 0) is 23.4 Å². The van der Waals surface area contributed by atoms with Gasteiger partial charge in [-0.25, -0.2) is 18.1 Å². The maximum absolute atomic E-state index is 14.2. The fraction of sp³-hybridized carbons (Fsp3) is 0.560. The van der Waals surface area contributed by atoms with Crippen molar-refractivity contribution in [3.63, 3.8) is 0 Å². The molecule has 1 aliphatic rings. The number of para-hydroxylation sites is 1. The van der Waals surface area contributed by atoms with Gasteiger partial charge >= 0.3 is 19.3 Å². The SMILES string of the molecule is CC(C)OC(=O)[C@H](C)C[P@@](=O)(Oc1ccccc1)OC(C)(C)[C@H]1O[C@@H](n2cc(F)c(N)nc2=O)C(O)(CF)[C@H]1O. The highest BCUT2D eigenvalue weighted by Gasteiger charge is 2.62. The summed E-state index contributed by atoms with van der Waals surface area (Å²) in [6.45, 7) is 5.80. The van der Waals surface area contributed by atoms with Crippen LogP contribution in [0.5, 0.6) is 5.75 Å². The van der Waals surface area contributed by atoms with Gasteiger partial charge in [0.15, 0.2) is 23.5 Å². The Labute approximate surface area is 229 Å². The molecule has 1 aromatic carbocycles. The smallest absolute Gasteiger partial charge is 0.380 e. The number of hydrogen-bond acceptors (Lipinski definition) is 11. The topological polar surface area (TPSA) is 172 Å². The zero-order valence-electron chi connectivity index (χ0n) is 22.7. The number of benzene rings is 1. The molecule has 1 aliphatic heterocycles.